The van der Waals surface area contributed by atoms with Crippen LogP contribution in [0, 0.1) is 0 Å². The van der Waals surface area contributed by atoms with Crippen molar-refractivity contribution in [2.45, 2.75) is 13.5 Å². The van der Waals surface area contributed by atoms with Crippen LogP contribution in [0.1, 0.15) is 24.0 Å². The molecule has 0 aliphatic heterocycles. The van der Waals surface area contributed by atoms with Crippen molar-refractivity contribution in [3.05, 3.63) is 86.6 Å². The first kappa shape index (κ1) is 22.4. The second-order valence-corrected chi connectivity index (χ2v) is 8.18. The number of hydrogen-bond acceptors (Lipinski definition) is 8. The van der Waals surface area contributed by atoms with E-state index < -0.39 is 5.76 Å². The van der Waals surface area contributed by atoms with Crippen molar-refractivity contribution in [2.24, 2.45) is 12.2 Å². The summed E-state index contributed by atoms with van der Waals surface area (Å²) < 4.78 is 6.27. The molecule has 0 saturated heterocycles. The fourth-order valence-corrected chi connectivity index (χ4v) is 3.93. The van der Waals surface area contributed by atoms with Gasteiger partial charge >= 0.3 is 5.76 Å². The van der Waals surface area contributed by atoms with E-state index in [1.807, 2.05) is 36.4 Å². The third-order valence-corrected chi connectivity index (χ3v) is 5.52. The summed E-state index contributed by atoms with van der Waals surface area (Å²) in [5.74, 6) is -0.745. The molecule has 1 N–H and O–H groups in total. The second kappa shape index (κ2) is 9.80. The number of carbonyl (C=O) groups excluding carboxylic acids is 1. The van der Waals surface area contributed by atoms with Crippen LogP contribution in [0.3, 0.4) is 0 Å². The van der Waals surface area contributed by atoms with Crippen LogP contribution in [0.25, 0.3) is 11.1 Å². The summed E-state index contributed by atoms with van der Waals surface area (Å²) in [5, 5.41) is 9.76. The Balaban J connectivity index is 1.70. The van der Waals surface area contributed by atoms with E-state index in [9.17, 15) is 9.59 Å². The van der Waals surface area contributed by atoms with Gasteiger partial charge in [0.25, 0.3) is 0 Å². The minimum atomic E-state index is -0.747. The number of aromatic nitrogens is 3. The molecule has 0 aliphatic carbocycles. The van der Waals surface area contributed by atoms with Crippen LogP contribution in [0.2, 0.25) is 5.02 Å². The van der Waals surface area contributed by atoms with Crippen molar-refractivity contribution in [3.8, 4) is 11.1 Å². The van der Waals surface area contributed by atoms with E-state index in [-0.39, 0.29) is 18.3 Å². The lowest BCUT2D eigenvalue weighted by Gasteiger charge is -2.11. The molecule has 0 radical (unpaired) electrons. The van der Waals surface area contributed by atoms with Gasteiger partial charge in [0.05, 0.1) is 5.69 Å². The zero-order chi connectivity index (χ0) is 23.4. The number of aryl methyl sites for hydroxylation is 1. The maximum absolute atomic E-state index is 11.8. The average Bonchev–Trinajstić information content (AvgIpc) is 3.36. The van der Waals surface area contributed by atoms with Gasteiger partial charge in [-0.15, -0.1) is 11.3 Å². The molecule has 0 saturated carbocycles. The van der Waals surface area contributed by atoms with Crippen LogP contribution in [0.15, 0.2) is 68.4 Å². The van der Waals surface area contributed by atoms with Gasteiger partial charge < -0.3 is 14.7 Å². The van der Waals surface area contributed by atoms with Crippen LogP contribution in [0.4, 0.5) is 5.13 Å². The van der Waals surface area contributed by atoms with Gasteiger partial charge in [-0.25, -0.2) is 9.78 Å². The van der Waals surface area contributed by atoms with Gasteiger partial charge in [-0.05, 0) is 23.3 Å². The van der Waals surface area contributed by atoms with Crippen LogP contribution in [-0.4, -0.2) is 26.3 Å². The number of anilines is 1. The highest BCUT2D eigenvalue weighted by Crippen LogP contribution is 2.27. The molecular formula is C22H18ClN5O4S. The van der Waals surface area contributed by atoms with Gasteiger partial charge in [0, 0.05) is 29.9 Å². The van der Waals surface area contributed by atoms with Crippen LogP contribution in [-0.2, 0) is 23.3 Å². The first-order chi connectivity index (χ1) is 15.9. The lowest BCUT2D eigenvalue weighted by Crippen LogP contribution is -2.13. The van der Waals surface area contributed by atoms with Crippen LogP contribution >= 0.6 is 22.9 Å². The standard InChI is InChI=1S/C22H18ClN5O4S/c1-13(29)24-21-25-16(12-33-21)11-31-27-19(20-26-22(30)32-28(20)2)18-6-4-3-5-17(18)14-7-9-15(23)10-8-14/h3-10,12H,11H2,1-2H3,(H,24,25,29). The summed E-state index contributed by atoms with van der Waals surface area (Å²) >= 11 is 7.33. The normalized spacial score (nSPS) is 11.4. The first-order valence-corrected chi connectivity index (χ1v) is 11.0. The zero-order valence-corrected chi connectivity index (χ0v) is 19.2. The number of oxime groups is 1. The lowest BCUT2D eigenvalue weighted by atomic mass is 9.96. The number of thiazole rings is 1. The molecular weight excluding hydrogens is 466 g/mol. The maximum atomic E-state index is 11.8. The summed E-state index contributed by atoms with van der Waals surface area (Å²) in [7, 11) is 1.56. The Morgan fingerprint density at radius 1 is 1.21 bits per heavy atom. The number of benzene rings is 2. The fraction of sp³-hybridized carbons (Fsp3) is 0.136. The smallest absolute Gasteiger partial charge is 0.389 e. The van der Waals surface area contributed by atoms with E-state index in [0.717, 1.165) is 11.1 Å². The van der Waals surface area contributed by atoms with Crippen molar-refractivity contribution in [3.63, 3.8) is 0 Å². The number of rotatable bonds is 7. The molecule has 4 rings (SSSR count). The SMILES string of the molecule is CC(=O)Nc1nc(CON=C(c2ccccc2-c2ccc(Cl)cc2)c2nc(=O)on2C)cs1. The number of nitrogens with zero attached hydrogens (tertiary/aromatic N) is 4. The van der Waals surface area contributed by atoms with Crippen LogP contribution < -0.4 is 11.1 Å². The van der Waals surface area contributed by atoms with E-state index in [2.05, 4.69) is 20.4 Å². The molecule has 2 aromatic heterocycles. The monoisotopic (exact) mass is 483 g/mol. The Morgan fingerprint density at radius 2 is 1.97 bits per heavy atom. The highest BCUT2D eigenvalue weighted by atomic mass is 35.5. The third kappa shape index (κ3) is 5.36. The van der Waals surface area contributed by atoms with Crippen molar-refractivity contribution < 1.29 is 14.2 Å². The first-order valence-electron chi connectivity index (χ1n) is 9.72. The zero-order valence-electron chi connectivity index (χ0n) is 17.6. The molecule has 33 heavy (non-hydrogen) atoms. The number of hydrogen-bond donors (Lipinski definition) is 1. The van der Waals surface area contributed by atoms with E-state index in [1.54, 1.807) is 24.6 Å². The van der Waals surface area contributed by atoms with E-state index in [4.69, 9.17) is 21.0 Å². The summed E-state index contributed by atoms with van der Waals surface area (Å²) in [6.45, 7) is 1.46. The highest BCUT2D eigenvalue weighted by Gasteiger charge is 2.20. The van der Waals surface area contributed by atoms with Crippen molar-refractivity contribution in [1.29, 1.82) is 0 Å². The van der Waals surface area contributed by atoms with Gasteiger partial charge in [-0.1, -0.05) is 53.2 Å². The van der Waals surface area contributed by atoms with Gasteiger partial charge in [0.2, 0.25) is 5.91 Å². The molecule has 4 aromatic rings. The molecule has 0 atom stereocenters. The largest absolute Gasteiger partial charge is 0.460 e. The molecule has 2 heterocycles. The van der Waals surface area contributed by atoms with E-state index in [0.29, 0.717) is 27.1 Å². The molecule has 2 aromatic carbocycles. The summed E-state index contributed by atoms with van der Waals surface area (Å²) in [6.07, 6.45) is 0. The average molecular weight is 484 g/mol. The second-order valence-electron chi connectivity index (χ2n) is 6.88. The minimum absolute atomic E-state index is 0.0501. The number of carbonyl (C=O) groups is 1. The topological polar surface area (TPSA) is 112 Å². The van der Waals surface area contributed by atoms with Gasteiger partial charge in [0.1, 0.15) is 0 Å². The third-order valence-electron chi connectivity index (χ3n) is 4.46. The van der Waals surface area contributed by atoms with Gasteiger partial charge in [0.15, 0.2) is 23.3 Å². The predicted octanol–water partition coefficient (Wildman–Crippen LogP) is 4.08. The molecule has 1 amide bonds. The summed E-state index contributed by atoms with van der Waals surface area (Å²) in [5.41, 5.74) is 3.32. The van der Waals surface area contributed by atoms with Crippen LogP contribution in [0.5, 0.6) is 0 Å². The highest BCUT2D eigenvalue weighted by molar-refractivity contribution is 7.13. The molecule has 0 fully saturated rings. The number of nitrogens with one attached hydrogen (secondary N) is 1. The quantitative estimate of drug-likeness (QED) is 0.313. The molecule has 11 heteroatoms. The molecule has 9 nitrogen and oxygen atoms in total. The Morgan fingerprint density at radius 3 is 2.67 bits per heavy atom. The summed E-state index contributed by atoms with van der Waals surface area (Å²) in [6, 6.07) is 14.9. The molecule has 0 spiro atoms. The van der Waals surface area contributed by atoms with Crippen molar-refractivity contribution in [1.82, 2.24) is 14.7 Å². The van der Waals surface area contributed by atoms with Gasteiger partial charge in [-0.2, -0.15) is 9.72 Å². The Kier molecular flexibility index (Phi) is 6.66. The maximum Gasteiger partial charge on any atom is 0.460 e. The Labute approximate surface area is 197 Å². The van der Waals surface area contributed by atoms with Gasteiger partial charge in [-0.3, -0.25) is 4.79 Å². The Bertz CT molecular complexity index is 1370. The predicted molar refractivity (Wildman–Crippen MR) is 125 cm³/mol. The van der Waals surface area contributed by atoms with Crippen molar-refractivity contribution >= 4 is 39.7 Å². The van der Waals surface area contributed by atoms with Crippen molar-refractivity contribution in [2.75, 3.05) is 5.32 Å². The minimum Gasteiger partial charge on any atom is -0.389 e. The Hall–Kier alpha value is -3.76. The van der Waals surface area contributed by atoms with E-state index in [1.165, 1.54) is 23.0 Å². The van der Waals surface area contributed by atoms with E-state index >= 15 is 0 Å². The molecule has 168 valence electrons. The molecule has 0 bridgehead atoms. The lowest BCUT2D eigenvalue weighted by molar-refractivity contribution is -0.114. The number of halogens is 1. The molecule has 0 unspecified atom stereocenters. The summed E-state index contributed by atoms with van der Waals surface area (Å²) in [4.78, 5) is 36.8. The fourth-order valence-electron chi connectivity index (χ4n) is 3.07. The molecule has 0 aliphatic rings. The number of amides is 1.